The number of ether oxygens (including phenoxy) is 2. The van der Waals surface area contributed by atoms with E-state index < -0.39 is 0 Å². The van der Waals surface area contributed by atoms with Crippen molar-refractivity contribution in [2.24, 2.45) is 0 Å². The monoisotopic (exact) mass is 457 g/mol. The minimum Gasteiger partial charge on any atom is -0.493 e. The van der Waals surface area contributed by atoms with Gasteiger partial charge in [0.05, 0.1) is 12.7 Å². The fourth-order valence-electron chi connectivity index (χ4n) is 3.35. The number of nitrogens with one attached hydrogen (secondary N) is 2. The fraction of sp³-hybridized carbons (Fsp3) is 0.111. The normalized spacial score (nSPS) is 10.4. The molecule has 1 heterocycles. The molecule has 6 nitrogen and oxygen atoms in total. The first-order valence-corrected chi connectivity index (χ1v) is 10.7. The highest BCUT2D eigenvalue weighted by atomic mass is 19.1. The van der Waals surface area contributed by atoms with Crippen LogP contribution in [-0.2, 0) is 13.2 Å². The quantitative estimate of drug-likeness (QED) is 0.348. The summed E-state index contributed by atoms with van der Waals surface area (Å²) in [5.41, 5.74) is 2.76. The molecule has 0 aliphatic heterocycles. The zero-order valence-electron chi connectivity index (χ0n) is 18.6. The van der Waals surface area contributed by atoms with E-state index in [-0.39, 0.29) is 18.3 Å². The predicted octanol–water partition coefficient (Wildman–Crippen LogP) is 5.48. The van der Waals surface area contributed by atoms with Crippen molar-refractivity contribution in [3.63, 3.8) is 0 Å². The summed E-state index contributed by atoms with van der Waals surface area (Å²) in [5, 5.41) is 5.89. The molecule has 34 heavy (non-hydrogen) atoms. The Morgan fingerprint density at radius 3 is 2.56 bits per heavy atom. The minimum absolute atomic E-state index is 0.280. The maximum absolute atomic E-state index is 13.5. The van der Waals surface area contributed by atoms with Crippen LogP contribution in [0.25, 0.3) is 0 Å². The molecule has 0 aliphatic rings. The maximum atomic E-state index is 13.5. The van der Waals surface area contributed by atoms with E-state index in [1.165, 1.54) is 12.1 Å². The van der Waals surface area contributed by atoms with Crippen LogP contribution in [0.5, 0.6) is 11.5 Å². The highest BCUT2D eigenvalue weighted by Crippen LogP contribution is 2.29. The van der Waals surface area contributed by atoms with Crippen molar-refractivity contribution in [1.29, 1.82) is 0 Å². The first-order valence-electron chi connectivity index (χ1n) is 10.7. The number of methoxy groups -OCH3 is 1. The van der Waals surface area contributed by atoms with Gasteiger partial charge in [0.25, 0.3) is 5.91 Å². The number of carbonyl (C=O) groups is 1. The Hall–Kier alpha value is -4.39. The van der Waals surface area contributed by atoms with Crippen LogP contribution >= 0.6 is 0 Å². The topological polar surface area (TPSA) is 72.5 Å². The van der Waals surface area contributed by atoms with Crippen molar-refractivity contribution in [2.75, 3.05) is 12.4 Å². The smallest absolute Gasteiger partial charge is 0.255 e. The second-order valence-corrected chi connectivity index (χ2v) is 7.48. The molecule has 0 atom stereocenters. The van der Waals surface area contributed by atoms with Gasteiger partial charge < -0.3 is 20.1 Å². The van der Waals surface area contributed by atoms with Gasteiger partial charge in [-0.25, -0.2) is 9.37 Å². The third-order valence-corrected chi connectivity index (χ3v) is 5.06. The zero-order chi connectivity index (χ0) is 23.8. The molecule has 0 saturated carbocycles. The summed E-state index contributed by atoms with van der Waals surface area (Å²) < 4.78 is 24.9. The lowest BCUT2D eigenvalue weighted by Crippen LogP contribution is -2.24. The Morgan fingerprint density at radius 2 is 1.76 bits per heavy atom. The average molecular weight is 458 g/mol. The number of rotatable bonds is 9. The molecule has 7 heteroatoms. The van der Waals surface area contributed by atoms with Crippen LogP contribution in [0, 0.1) is 5.82 Å². The van der Waals surface area contributed by atoms with Crippen molar-refractivity contribution < 1.29 is 18.7 Å². The molecule has 0 fully saturated rings. The number of halogens is 1. The van der Waals surface area contributed by atoms with E-state index >= 15 is 0 Å². The van der Waals surface area contributed by atoms with E-state index in [9.17, 15) is 9.18 Å². The number of amides is 1. The summed E-state index contributed by atoms with van der Waals surface area (Å²) in [5.74, 6) is 0.855. The molecule has 4 rings (SSSR count). The van der Waals surface area contributed by atoms with E-state index in [4.69, 9.17) is 9.47 Å². The van der Waals surface area contributed by atoms with E-state index in [1.807, 2.05) is 48.5 Å². The van der Waals surface area contributed by atoms with Crippen LogP contribution in [0.2, 0.25) is 0 Å². The van der Waals surface area contributed by atoms with Crippen LogP contribution in [0.3, 0.4) is 0 Å². The van der Waals surface area contributed by atoms with Crippen LogP contribution < -0.4 is 20.1 Å². The number of aromatic nitrogens is 1. The second-order valence-electron chi connectivity index (χ2n) is 7.48. The summed E-state index contributed by atoms with van der Waals surface area (Å²) in [6.45, 7) is 0.706. The van der Waals surface area contributed by atoms with Gasteiger partial charge >= 0.3 is 0 Å². The SMILES string of the molecule is COc1cc(CNC(=O)c2cccnc2Nc2cccc(F)c2)ccc1OCc1ccccc1. The summed E-state index contributed by atoms with van der Waals surface area (Å²) in [7, 11) is 1.58. The molecule has 1 aromatic heterocycles. The van der Waals surface area contributed by atoms with Gasteiger partial charge in [-0.05, 0) is 53.6 Å². The lowest BCUT2D eigenvalue weighted by atomic mass is 10.1. The van der Waals surface area contributed by atoms with E-state index in [2.05, 4.69) is 15.6 Å². The zero-order valence-corrected chi connectivity index (χ0v) is 18.6. The summed E-state index contributed by atoms with van der Waals surface area (Å²) in [6, 6.07) is 24.7. The molecule has 0 unspecified atom stereocenters. The third-order valence-electron chi connectivity index (χ3n) is 5.06. The van der Waals surface area contributed by atoms with E-state index in [0.29, 0.717) is 35.2 Å². The van der Waals surface area contributed by atoms with Crippen LogP contribution in [0.1, 0.15) is 21.5 Å². The van der Waals surface area contributed by atoms with Crippen molar-refractivity contribution in [2.45, 2.75) is 13.2 Å². The summed E-state index contributed by atoms with van der Waals surface area (Å²) >= 11 is 0. The molecular weight excluding hydrogens is 433 g/mol. The number of carbonyl (C=O) groups excluding carboxylic acids is 1. The molecule has 1 amide bonds. The first-order chi connectivity index (χ1) is 16.6. The van der Waals surface area contributed by atoms with Crippen molar-refractivity contribution in [3.05, 3.63) is 114 Å². The van der Waals surface area contributed by atoms with Crippen molar-refractivity contribution in [3.8, 4) is 11.5 Å². The number of nitrogens with zero attached hydrogens (tertiary/aromatic N) is 1. The third kappa shape index (κ3) is 5.89. The molecule has 0 aliphatic carbocycles. The molecule has 172 valence electrons. The molecule has 4 aromatic rings. The average Bonchev–Trinajstić information content (AvgIpc) is 2.87. The molecular formula is C27H24FN3O3. The van der Waals surface area contributed by atoms with Gasteiger partial charge in [0.2, 0.25) is 0 Å². The van der Waals surface area contributed by atoms with Gasteiger partial charge in [0, 0.05) is 18.4 Å². The fourth-order valence-corrected chi connectivity index (χ4v) is 3.35. The largest absolute Gasteiger partial charge is 0.493 e. The first kappa shape index (κ1) is 22.8. The molecule has 3 aromatic carbocycles. The summed E-state index contributed by atoms with van der Waals surface area (Å²) in [4.78, 5) is 17.1. The van der Waals surface area contributed by atoms with E-state index in [1.54, 1.807) is 37.6 Å². The lowest BCUT2D eigenvalue weighted by Gasteiger charge is -2.14. The maximum Gasteiger partial charge on any atom is 0.255 e. The van der Waals surface area contributed by atoms with Crippen molar-refractivity contribution in [1.82, 2.24) is 10.3 Å². The van der Waals surface area contributed by atoms with Gasteiger partial charge in [0.1, 0.15) is 18.2 Å². The minimum atomic E-state index is -0.378. The number of benzene rings is 3. The lowest BCUT2D eigenvalue weighted by molar-refractivity contribution is 0.0951. The van der Waals surface area contributed by atoms with Crippen LogP contribution in [0.15, 0.2) is 91.1 Å². The van der Waals surface area contributed by atoms with E-state index in [0.717, 1.165) is 11.1 Å². The number of hydrogen-bond donors (Lipinski definition) is 2. The standard InChI is InChI=1S/C27H24FN3O3/c1-33-25-15-20(12-13-24(25)34-18-19-7-3-2-4-8-19)17-30-27(32)23-11-6-14-29-26(23)31-22-10-5-9-21(28)16-22/h2-16H,17-18H2,1H3,(H,29,31)(H,30,32). The predicted molar refractivity (Wildman–Crippen MR) is 129 cm³/mol. The molecule has 0 bridgehead atoms. The highest BCUT2D eigenvalue weighted by Gasteiger charge is 2.13. The number of hydrogen-bond acceptors (Lipinski definition) is 5. The van der Waals surface area contributed by atoms with Crippen LogP contribution in [0.4, 0.5) is 15.9 Å². The molecule has 2 N–H and O–H groups in total. The summed E-state index contributed by atoms with van der Waals surface area (Å²) in [6.07, 6.45) is 1.57. The molecule has 0 saturated heterocycles. The Bertz CT molecular complexity index is 1260. The van der Waals surface area contributed by atoms with Crippen molar-refractivity contribution >= 4 is 17.4 Å². The number of anilines is 2. The van der Waals surface area contributed by atoms with Gasteiger partial charge in [-0.3, -0.25) is 4.79 Å². The Kier molecular flexibility index (Phi) is 7.35. The molecule has 0 radical (unpaired) electrons. The van der Waals surface area contributed by atoms with Crippen LogP contribution in [-0.4, -0.2) is 18.0 Å². The Labute approximate surface area is 197 Å². The highest BCUT2D eigenvalue weighted by molar-refractivity contribution is 5.99. The number of pyridine rings is 1. The van der Waals surface area contributed by atoms with Gasteiger partial charge in [0.15, 0.2) is 11.5 Å². The Balaban J connectivity index is 1.41. The van der Waals surface area contributed by atoms with Gasteiger partial charge in [-0.15, -0.1) is 0 Å². The Morgan fingerprint density at radius 1 is 0.912 bits per heavy atom. The molecule has 0 spiro atoms. The van der Waals surface area contributed by atoms with Gasteiger partial charge in [-0.1, -0.05) is 42.5 Å². The van der Waals surface area contributed by atoms with Gasteiger partial charge in [-0.2, -0.15) is 0 Å². The second kappa shape index (κ2) is 11.0.